The summed E-state index contributed by atoms with van der Waals surface area (Å²) in [6.45, 7) is 12.1. The molecule has 43 heavy (non-hydrogen) atoms. The second kappa shape index (κ2) is 13.4. The summed E-state index contributed by atoms with van der Waals surface area (Å²) in [7, 11) is 0. The predicted molar refractivity (Wildman–Crippen MR) is 166 cm³/mol. The van der Waals surface area contributed by atoms with Crippen molar-refractivity contribution in [1.29, 1.82) is 0 Å². The lowest BCUT2D eigenvalue weighted by molar-refractivity contribution is -0.135. The van der Waals surface area contributed by atoms with Crippen LogP contribution in [0.25, 0.3) is 5.57 Å². The van der Waals surface area contributed by atoms with Gasteiger partial charge in [-0.15, -0.1) is 0 Å². The number of ether oxygens (including phenoxy) is 2. The molecule has 9 heteroatoms. The normalized spacial score (nSPS) is 23.3. The number of amides is 2. The average Bonchev–Trinajstić information content (AvgIpc) is 2.99. The molecule has 1 aromatic carbocycles. The number of aromatic amines is 1. The largest absolute Gasteiger partial charge is 0.381 e. The van der Waals surface area contributed by atoms with Crippen molar-refractivity contribution in [3.8, 4) is 0 Å². The Kier molecular flexibility index (Phi) is 9.64. The molecule has 0 bridgehead atoms. The number of carbonyl (C=O) groups is 2. The summed E-state index contributed by atoms with van der Waals surface area (Å²) in [5.74, 6) is -0.816. The Balaban J connectivity index is 1.59. The topological polar surface area (TPSA) is 104 Å². The van der Waals surface area contributed by atoms with Crippen molar-refractivity contribution in [2.24, 2.45) is 11.3 Å². The van der Waals surface area contributed by atoms with E-state index in [-0.39, 0.29) is 30.0 Å². The van der Waals surface area contributed by atoms with Crippen LogP contribution in [-0.4, -0.2) is 78.7 Å². The molecule has 2 saturated heterocycles. The fourth-order valence-electron chi connectivity index (χ4n) is 6.76. The molecule has 5 rings (SSSR count). The highest BCUT2D eigenvalue weighted by Crippen LogP contribution is 2.47. The Labute approximate surface area is 253 Å². The van der Waals surface area contributed by atoms with E-state index in [9.17, 15) is 14.4 Å². The molecule has 3 aliphatic rings. The lowest BCUT2D eigenvalue weighted by Crippen LogP contribution is -2.55. The van der Waals surface area contributed by atoms with E-state index in [0.717, 1.165) is 54.0 Å². The third-order valence-corrected chi connectivity index (χ3v) is 9.04. The number of H-pyrrole nitrogens is 1. The second-order valence-corrected chi connectivity index (χ2v) is 12.2. The first-order valence-electron chi connectivity index (χ1n) is 15.3. The maximum absolute atomic E-state index is 14.3. The van der Waals surface area contributed by atoms with Crippen LogP contribution in [0.5, 0.6) is 0 Å². The van der Waals surface area contributed by atoms with Crippen molar-refractivity contribution in [3.05, 3.63) is 87.0 Å². The number of rotatable bonds is 8. The molecule has 2 aromatic rings. The van der Waals surface area contributed by atoms with Crippen LogP contribution in [0.4, 0.5) is 0 Å². The SMILES string of the molecule is CC(=O)N(C1=CC(c2ccccc2)=CC(C(=O)NCc2c(C)cc(C)[nH]c2=O)C1(C)CN1CCOCC1)C1CCOCC1. The maximum Gasteiger partial charge on any atom is 0.253 e. The highest BCUT2D eigenvalue weighted by Gasteiger charge is 2.48. The van der Waals surface area contributed by atoms with Crippen molar-refractivity contribution in [3.63, 3.8) is 0 Å². The molecule has 2 atom stereocenters. The zero-order valence-electron chi connectivity index (χ0n) is 25.8. The van der Waals surface area contributed by atoms with Crippen LogP contribution < -0.4 is 10.9 Å². The Morgan fingerprint density at radius 2 is 1.74 bits per heavy atom. The van der Waals surface area contributed by atoms with E-state index in [4.69, 9.17) is 9.47 Å². The van der Waals surface area contributed by atoms with Crippen molar-refractivity contribution in [2.45, 2.75) is 53.1 Å². The monoisotopic (exact) mass is 588 g/mol. The number of benzene rings is 1. The molecule has 3 heterocycles. The minimum absolute atomic E-state index is 0.0193. The molecule has 230 valence electrons. The summed E-state index contributed by atoms with van der Waals surface area (Å²) in [6, 6.07) is 11.9. The van der Waals surface area contributed by atoms with Gasteiger partial charge >= 0.3 is 0 Å². The molecule has 1 aromatic heterocycles. The molecule has 2 aliphatic heterocycles. The van der Waals surface area contributed by atoms with Crippen LogP contribution in [0.15, 0.2) is 59.0 Å². The number of hydrogen-bond acceptors (Lipinski definition) is 6. The van der Waals surface area contributed by atoms with Gasteiger partial charge in [0, 0.05) is 74.7 Å². The van der Waals surface area contributed by atoms with E-state index in [1.54, 1.807) is 6.92 Å². The molecule has 0 spiro atoms. The summed E-state index contributed by atoms with van der Waals surface area (Å²) < 4.78 is 11.3. The Bertz CT molecular complexity index is 1440. The summed E-state index contributed by atoms with van der Waals surface area (Å²) in [5.41, 5.74) is 3.96. The fourth-order valence-corrected chi connectivity index (χ4v) is 6.76. The fraction of sp³-hybridized carbons (Fsp3) is 0.500. The number of carbonyl (C=O) groups excluding carboxylic acids is 2. The van der Waals surface area contributed by atoms with Crippen LogP contribution in [0.2, 0.25) is 0 Å². The molecule has 1 aliphatic carbocycles. The van der Waals surface area contributed by atoms with Crippen molar-refractivity contribution < 1.29 is 19.1 Å². The molecular weight excluding hydrogens is 544 g/mol. The second-order valence-electron chi connectivity index (χ2n) is 12.2. The molecule has 0 saturated carbocycles. The van der Waals surface area contributed by atoms with E-state index >= 15 is 0 Å². The zero-order valence-corrected chi connectivity index (χ0v) is 25.8. The van der Waals surface area contributed by atoms with Gasteiger partial charge in [-0.1, -0.05) is 43.3 Å². The number of hydrogen-bond donors (Lipinski definition) is 2. The Hall–Kier alpha value is -3.53. The van der Waals surface area contributed by atoms with Gasteiger partial charge in [-0.3, -0.25) is 19.3 Å². The summed E-state index contributed by atoms with van der Waals surface area (Å²) >= 11 is 0. The quantitative estimate of drug-likeness (QED) is 0.489. The van der Waals surface area contributed by atoms with E-state index in [0.29, 0.717) is 38.5 Å². The van der Waals surface area contributed by atoms with Gasteiger partial charge in [-0.2, -0.15) is 0 Å². The smallest absolute Gasteiger partial charge is 0.253 e. The minimum atomic E-state index is -0.738. The first kappa shape index (κ1) is 30.9. The highest BCUT2D eigenvalue weighted by atomic mass is 16.5. The van der Waals surface area contributed by atoms with E-state index in [1.165, 1.54) is 0 Å². The number of nitrogens with zero attached hydrogens (tertiary/aromatic N) is 2. The molecule has 9 nitrogen and oxygen atoms in total. The number of nitrogens with one attached hydrogen (secondary N) is 2. The molecule has 2 N–H and O–H groups in total. The zero-order chi connectivity index (χ0) is 30.6. The van der Waals surface area contributed by atoms with Crippen molar-refractivity contribution in [2.75, 3.05) is 46.1 Å². The van der Waals surface area contributed by atoms with E-state index in [1.807, 2.05) is 61.2 Å². The van der Waals surface area contributed by atoms with E-state index in [2.05, 4.69) is 28.2 Å². The lowest BCUT2D eigenvalue weighted by Gasteiger charge is -2.49. The van der Waals surface area contributed by atoms with Gasteiger partial charge in [0.1, 0.15) is 0 Å². The molecule has 2 fully saturated rings. The summed E-state index contributed by atoms with van der Waals surface area (Å²) in [5, 5.41) is 3.11. The number of aryl methyl sites for hydroxylation is 2. The van der Waals surface area contributed by atoms with Gasteiger partial charge in [-0.05, 0) is 55.5 Å². The number of morpholine rings is 1. The first-order chi connectivity index (χ1) is 20.7. The Morgan fingerprint density at radius 1 is 1.07 bits per heavy atom. The van der Waals surface area contributed by atoms with Crippen LogP contribution in [0.1, 0.15) is 49.1 Å². The van der Waals surface area contributed by atoms with Crippen molar-refractivity contribution >= 4 is 17.4 Å². The molecular formula is C34H44N4O5. The van der Waals surface area contributed by atoms with Crippen LogP contribution in [0, 0.1) is 25.2 Å². The average molecular weight is 589 g/mol. The number of pyridine rings is 1. The molecule has 2 amide bonds. The summed E-state index contributed by atoms with van der Waals surface area (Å²) in [4.78, 5) is 47.7. The highest BCUT2D eigenvalue weighted by molar-refractivity contribution is 5.89. The van der Waals surface area contributed by atoms with Gasteiger partial charge in [0.15, 0.2) is 0 Å². The van der Waals surface area contributed by atoms with Gasteiger partial charge < -0.3 is 24.7 Å². The van der Waals surface area contributed by atoms with Crippen LogP contribution in [-0.2, 0) is 25.6 Å². The lowest BCUT2D eigenvalue weighted by atomic mass is 9.67. The maximum atomic E-state index is 14.3. The minimum Gasteiger partial charge on any atom is -0.381 e. The molecule has 2 unspecified atom stereocenters. The van der Waals surface area contributed by atoms with Gasteiger partial charge in [0.2, 0.25) is 11.8 Å². The summed E-state index contributed by atoms with van der Waals surface area (Å²) in [6.07, 6.45) is 5.64. The number of allylic oxidation sites excluding steroid dienone is 2. The molecule has 0 radical (unpaired) electrons. The van der Waals surface area contributed by atoms with Crippen LogP contribution >= 0.6 is 0 Å². The van der Waals surface area contributed by atoms with Gasteiger partial charge in [0.25, 0.3) is 5.56 Å². The third-order valence-electron chi connectivity index (χ3n) is 9.04. The van der Waals surface area contributed by atoms with Crippen LogP contribution in [0.3, 0.4) is 0 Å². The predicted octanol–water partition coefficient (Wildman–Crippen LogP) is 3.57. The first-order valence-corrected chi connectivity index (χ1v) is 15.3. The number of aromatic nitrogens is 1. The van der Waals surface area contributed by atoms with Gasteiger partial charge in [0.05, 0.1) is 19.1 Å². The van der Waals surface area contributed by atoms with Crippen molar-refractivity contribution in [1.82, 2.24) is 20.1 Å². The third kappa shape index (κ3) is 6.84. The standard InChI is InChI=1S/C34H44N4O5/c1-23-18-24(2)36-32(40)29(23)21-35-33(41)30-19-27(26-8-6-5-7-9-26)20-31(34(30,4)22-37-12-16-43-17-13-37)38(25(3)39)28-10-14-42-15-11-28/h5-9,18-20,28,30H,10-17,21-22H2,1-4H3,(H,35,41)(H,36,40). The van der Waals surface area contributed by atoms with Gasteiger partial charge in [-0.25, -0.2) is 0 Å². The Morgan fingerprint density at radius 3 is 2.40 bits per heavy atom. The van der Waals surface area contributed by atoms with E-state index < -0.39 is 11.3 Å².